The third-order valence-corrected chi connectivity index (χ3v) is 5.76. The molecule has 0 fully saturated rings. The van der Waals surface area contributed by atoms with Gasteiger partial charge in [0, 0.05) is 50.4 Å². The molecule has 2 aromatic carbocycles. The van der Waals surface area contributed by atoms with E-state index < -0.39 is 29.9 Å². The second kappa shape index (κ2) is 9.38. The van der Waals surface area contributed by atoms with Gasteiger partial charge < -0.3 is 14.6 Å². The van der Waals surface area contributed by atoms with E-state index in [9.17, 15) is 23.1 Å². The van der Waals surface area contributed by atoms with Crippen molar-refractivity contribution in [1.82, 2.24) is 24.2 Å². The Morgan fingerprint density at radius 2 is 1.69 bits per heavy atom. The molecule has 0 saturated carbocycles. The molecule has 4 rings (SSSR count). The van der Waals surface area contributed by atoms with Crippen LogP contribution in [0.4, 0.5) is 13.2 Å². The van der Waals surface area contributed by atoms with E-state index in [0.29, 0.717) is 11.3 Å². The van der Waals surface area contributed by atoms with Crippen LogP contribution in [0.2, 0.25) is 0 Å². The van der Waals surface area contributed by atoms with Crippen molar-refractivity contribution >= 4 is 5.91 Å². The summed E-state index contributed by atoms with van der Waals surface area (Å²) in [7, 11) is 2.73. The van der Waals surface area contributed by atoms with Crippen LogP contribution in [0, 0.1) is 0 Å². The van der Waals surface area contributed by atoms with Crippen LogP contribution >= 0.6 is 0 Å². The molecule has 0 aliphatic carbocycles. The number of carbonyl (C=O) groups is 1. The molecule has 1 amide bonds. The first-order valence-corrected chi connectivity index (χ1v) is 10.8. The number of hydrogen-bond donors (Lipinski definition) is 1. The summed E-state index contributed by atoms with van der Waals surface area (Å²) in [5.74, 6) is -1.53. The number of benzene rings is 2. The fourth-order valence-electron chi connectivity index (χ4n) is 3.85. The molecule has 2 heterocycles. The van der Waals surface area contributed by atoms with E-state index in [1.807, 2.05) is 60.7 Å². The van der Waals surface area contributed by atoms with E-state index in [1.165, 1.54) is 20.3 Å². The van der Waals surface area contributed by atoms with Gasteiger partial charge in [0.2, 0.25) is 11.5 Å². The lowest BCUT2D eigenvalue weighted by Crippen LogP contribution is -2.48. The SMILES string of the molecule is CN(Cc1cn(-c2ccccc2)nc1-c1ccccc1)C(=O)CC(O)(c1nccn1C)C(F)(F)F. The second-order valence-corrected chi connectivity index (χ2v) is 8.30. The quantitative estimate of drug-likeness (QED) is 0.430. The molecule has 0 bridgehead atoms. The van der Waals surface area contributed by atoms with E-state index in [4.69, 9.17) is 0 Å². The molecule has 1 N–H and O–H groups in total. The highest BCUT2D eigenvalue weighted by atomic mass is 19.4. The summed E-state index contributed by atoms with van der Waals surface area (Å²) in [4.78, 5) is 17.7. The van der Waals surface area contributed by atoms with Gasteiger partial charge in [0.25, 0.3) is 0 Å². The molecule has 1 atom stereocenters. The molecule has 0 aliphatic heterocycles. The Labute approximate surface area is 200 Å². The Hall–Kier alpha value is -3.92. The number of carbonyl (C=O) groups excluding carboxylic acids is 1. The molecule has 0 spiro atoms. The van der Waals surface area contributed by atoms with Crippen molar-refractivity contribution in [2.75, 3.05) is 7.05 Å². The number of aryl methyl sites for hydroxylation is 1. The number of para-hydroxylation sites is 1. The third-order valence-electron chi connectivity index (χ3n) is 5.76. The van der Waals surface area contributed by atoms with Gasteiger partial charge in [-0.25, -0.2) is 9.67 Å². The van der Waals surface area contributed by atoms with Crippen molar-refractivity contribution < 1.29 is 23.1 Å². The van der Waals surface area contributed by atoms with Gasteiger partial charge in [-0.3, -0.25) is 4.79 Å². The summed E-state index contributed by atoms with van der Waals surface area (Å²) in [5, 5.41) is 15.3. The van der Waals surface area contributed by atoms with Crippen molar-refractivity contribution in [1.29, 1.82) is 0 Å². The van der Waals surface area contributed by atoms with Crippen molar-refractivity contribution in [2.45, 2.75) is 24.7 Å². The van der Waals surface area contributed by atoms with Gasteiger partial charge in [-0.1, -0.05) is 48.5 Å². The Morgan fingerprint density at radius 3 is 2.26 bits per heavy atom. The number of amides is 1. The summed E-state index contributed by atoms with van der Waals surface area (Å²) in [6.45, 7) is -0.00953. The molecular weight excluding hydrogens is 459 g/mol. The van der Waals surface area contributed by atoms with Crippen molar-refractivity contribution in [3.05, 3.63) is 90.6 Å². The van der Waals surface area contributed by atoms with Crippen molar-refractivity contribution in [3.8, 4) is 16.9 Å². The van der Waals surface area contributed by atoms with Gasteiger partial charge in [-0.2, -0.15) is 18.3 Å². The summed E-state index contributed by atoms with van der Waals surface area (Å²) in [6, 6.07) is 18.7. The number of hydrogen-bond acceptors (Lipinski definition) is 4. The Bertz CT molecular complexity index is 1300. The van der Waals surface area contributed by atoms with Crippen LogP contribution in [0.3, 0.4) is 0 Å². The zero-order chi connectivity index (χ0) is 25.2. The van der Waals surface area contributed by atoms with Crippen molar-refractivity contribution in [2.24, 2.45) is 7.05 Å². The van der Waals surface area contributed by atoms with Gasteiger partial charge in [0.1, 0.15) is 0 Å². The molecule has 35 heavy (non-hydrogen) atoms. The van der Waals surface area contributed by atoms with Crippen molar-refractivity contribution in [3.63, 3.8) is 0 Å². The number of aliphatic hydroxyl groups is 1. The largest absolute Gasteiger partial charge is 0.425 e. The average Bonchev–Trinajstić information content (AvgIpc) is 3.46. The highest BCUT2D eigenvalue weighted by Crippen LogP contribution is 2.41. The molecule has 2 aromatic heterocycles. The maximum absolute atomic E-state index is 13.9. The number of rotatable bonds is 7. The lowest BCUT2D eigenvalue weighted by atomic mass is 9.96. The predicted octanol–water partition coefficient (Wildman–Crippen LogP) is 4.07. The zero-order valence-corrected chi connectivity index (χ0v) is 19.1. The highest BCUT2D eigenvalue weighted by Gasteiger charge is 2.58. The highest BCUT2D eigenvalue weighted by molar-refractivity contribution is 5.77. The van der Waals surface area contributed by atoms with E-state index in [-0.39, 0.29) is 6.54 Å². The maximum atomic E-state index is 13.9. The fourth-order valence-corrected chi connectivity index (χ4v) is 3.85. The van der Waals surface area contributed by atoms with Crippen LogP contribution in [-0.4, -0.2) is 48.5 Å². The Kier molecular flexibility index (Phi) is 6.49. The Balaban J connectivity index is 1.64. The van der Waals surface area contributed by atoms with Crippen LogP contribution in [0.15, 0.2) is 79.3 Å². The first kappa shape index (κ1) is 24.2. The average molecular weight is 483 g/mol. The normalized spacial score (nSPS) is 13.4. The molecule has 0 radical (unpaired) electrons. The van der Waals surface area contributed by atoms with E-state index in [1.54, 1.807) is 10.9 Å². The van der Waals surface area contributed by atoms with Crippen LogP contribution in [0.5, 0.6) is 0 Å². The van der Waals surface area contributed by atoms with Gasteiger partial charge >= 0.3 is 6.18 Å². The summed E-state index contributed by atoms with van der Waals surface area (Å²) in [5.41, 5.74) is -0.579. The lowest BCUT2D eigenvalue weighted by Gasteiger charge is -2.31. The van der Waals surface area contributed by atoms with Gasteiger partial charge in [0.15, 0.2) is 5.82 Å². The minimum absolute atomic E-state index is 0.00953. The minimum Gasteiger partial charge on any atom is -0.374 e. The number of aromatic nitrogens is 4. The number of halogens is 3. The second-order valence-electron chi connectivity index (χ2n) is 8.30. The zero-order valence-electron chi connectivity index (χ0n) is 19.1. The van der Waals surface area contributed by atoms with Gasteiger partial charge in [-0.05, 0) is 12.1 Å². The first-order chi connectivity index (χ1) is 16.6. The monoisotopic (exact) mass is 483 g/mol. The number of nitrogens with zero attached hydrogens (tertiary/aromatic N) is 5. The number of alkyl halides is 3. The molecule has 4 aromatic rings. The predicted molar refractivity (Wildman–Crippen MR) is 123 cm³/mol. The standard InChI is InChI=1S/C25H24F3N5O2/c1-31-14-13-29-23(31)24(35,25(26,27)28)15-21(34)32(2)16-19-17-33(20-11-7-4-8-12-20)30-22(19)18-9-5-3-6-10-18/h3-14,17,35H,15-16H2,1-2H3. The smallest absolute Gasteiger partial charge is 0.374 e. The first-order valence-electron chi connectivity index (χ1n) is 10.8. The van der Waals surface area contributed by atoms with Crippen LogP contribution in [-0.2, 0) is 24.0 Å². The van der Waals surface area contributed by atoms with E-state index in [2.05, 4.69) is 10.1 Å². The lowest BCUT2D eigenvalue weighted by molar-refractivity contribution is -0.271. The topological polar surface area (TPSA) is 76.2 Å². The van der Waals surface area contributed by atoms with Crippen LogP contribution in [0.25, 0.3) is 16.9 Å². The van der Waals surface area contributed by atoms with Crippen LogP contribution < -0.4 is 0 Å². The van der Waals surface area contributed by atoms with E-state index in [0.717, 1.165) is 26.9 Å². The molecule has 1 unspecified atom stereocenters. The molecule has 0 aliphatic rings. The molecular formula is C25H24F3N5O2. The van der Waals surface area contributed by atoms with Crippen LogP contribution in [0.1, 0.15) is 17.8 Å². The molecule has 0 saturated heterocycles. The summed E-state index contributed by atoms with van der Waals surface area (Å²) >= 11 is 0. The maximum Gasteiger partial charge on any atom is 0.425 e. The molecule has 182 valence electrons. The third kappa shape index (κ3) is 4.83. The number of imidazole rings is 1. The minimum atomic E-state index is -5.10. The van der Waals surface area contributed by atoms with E-state index >= 15 is 0 Å². The summed E-state index contributed by atoms with van der Waals surface area (Å²) < 4.78 is 44.4. The molecule has 7 nitrogen and oxygen atoms in total. The Morgan fingerprint density at radius 1 is 1.06 bits per heavy atom. The van der Waals surface area contributed by atoms with Gasteiger partial charge in [-0.15, -0.1) is 0 Å². The fraction of sp³-hybridized carbons (Fsp3) is 0.240. The van der Waals surface area contributed by atoms with Gasteiger partial charge in [0.05, 0.1) is 17.8 Å². The summed E-state index contributed by atoms with van der Waals surface area (Å²) in [6.07, 6.45) is -2.13. The molecule has 10 heteroatoms.